The van der Waals surface area contributed by atoms with Crippen molar-refractivity contribution in [3.05, 3.63) is 29.8 Å². The van der Waals surface area contributed by atoms with Gasteiger partial charge in [0, 0.05) is 25.2 Å². The second-order valence-electron chi connectivity index (χ2n) is 6.67. The molecule has 0 bridgehead atoms. The SMILES string of the molecule is COc1ccccc1C(C)NCCCN(C)C(=O)OC(C)(C)C. The zero-order valence-electron chi connectivity index (χ0n) is 15.2. The van der Waals surface area contributed by atoms with Crippen molar-refractivity contribution >= 4 is 6.09 Å². The summed E-state index contributed by atoms with van der Waals surface area (Å²) in [7, 11) is 3.44. The first-order chi connectivity index (χ1) is 10.7. The molecule has 1 atom stereocenters. The minimum absolute atomic E-state index is 0.193. The fourth-order valence-electron chi connectivity index (χ4n) is 2.20. The van der Waals surface area contributed by atoms with Crippen molar-refractivity contribution in [3.63, 3.8) is 0 Å². The molecule has 1 aromatic rings. The number of rotatable bonds is 7. The maximum absolute atomic E-state index is 11.9. The van der Waals surface area contributed by atoms with Gasteiger partial charge >= 0.3 is 6.09 Å². The molecule has 0 fully saturated rings. The molecule has 130 valence electrons. The molecule has 0 aliphatic heterocycles. The van der Waals surface area contributed by atoms with Crippen molar-refractivity contribution in [1.29, 1.82) is 0 Å². The highest BCUT2D eigenvalue weighted by Gasteiger charge is 2.19. The number of hydrogen-bond acceptors (Lipinski definition) is 4. The lowest BCUT2D eigenvalue weighted by molar-refractivity contribution is 0.0297. The number of ether oxygens (including phenoxy) is 2. The van der Waals surface area contributed by atoms with E-state index in [0.29, 0.717) is 6.54 Å². The van der Waals surface area contributed by atoms with Crippen molar-refractivity contribution in [2.24, 2.45) is 0 Å². The summed E-state index contributed by atoms with van der Waals surface area (Å²) in [4.78, 5) is 13.5. The van der Waals surface area contributed by atoms with Gasteiger partial charge < -0.3 is 19.7 Å². The Morgan fingerprint density at radius 1 is 1.30 bits per heavy atom. The number of methoxy groups -OCH3 is 1. The first kappa shape index (κ1) is 19.3. The van der Waals surface area contributed by atoms with Gasteiger partial charge in [0.05, 0.1) is 7.11 Å². The van der Waals surface area contributed by atoms with Crippen molar-refractivity contribution < 1.29 is 14.3 Å². The zero-order valence-corrected chi connectivity index (χ0v) is 15.2. The lowest BCUT2D eigenvalue weighted by Crippen LogP contribution is -2.35. The fraction of sp³-hybridized carbons (Fsp3) is 0.611. The van der Waals surface area contributed by atoms with E-state index in [0.717, 1.165) is 24.3 Å². The molecule has 1 unspecified atom stereocenters. The quantitative estimate of drug-likeness (QED) is 0.779. The lowest BCUT2D eigenvalue weighted by atomic mass is 10.1. The number of benzene rings is 1. The van der Waals surface area contributed by atoms with Gasteiger partial charge in [-0.2, -0.15) is 0 Å². The number of carbonyl (C=O) groups excluding carboxylic acids is 1. The van der Waals surface area contributed by atoms with Crippen LogP contribution < -0.4 is 10.1 Å². The maximum Gasteiger partial charge on any atom is 0.410 e. The van der Waals surface area contributed by atoms with E-state index in [1.807, 2.05) is 39.0 Å². The van der Waals surface area contributed by atoms with Crippen LogP contribution in [0, 0.1) is 0 Å². The lowest BCUT2D eigenvalue weighted by Gasteiger charge is -2.25. The van der Waals surface area contributed by atoms with Crippen molar-refractivity contribution in [2.45, 2.75) is 45.8 Å². The molecule has 0 heterocycles. The average molecular weight is 322 g/mol. The third kappa shape index (κ3) is 6.91. The van der Waals surface area contributed by atoms with Gasteiger partial charge in [-0.3, -0.25) is 0 Å². The minimum atomic E-state index is -0.456. The summed E-state index contributed by atoms with van der Waals surface area (Å²) in [6.07, 6.45) is 0.574. The van der Waals surface area contributed by atoms with Crippen LogP contribution >= 0.6 is 0 Å². The Morgan fingerprint density at radius 3 is 2.57 bits per heavy atom. The molecule has 1 amide bonds. The van der Waals surface area contributed by atoms with Crippen molar-refractivity contribution in [1.82, 2.24) is 10.2 Å². The second kappa shape index (κ2) is 8.77. The van der Waals surface area contributed by atoms with Crippen LogP contribution in [-0.4, -0.2) is 43.8 Å². The van der Waals surface area contributed by atoms with Crippen LogP contribution in [-0.2, 0) is 4.74 Å². The van der Waals surface area contributed by atoms with Gasteiger partial charge in [-0.05, 0) is 46.7 Å². The van der Waals surface area contributed by atoms with Crippen LogP contribution in [0.3, 0.4) is 0 Å². The van der Waals surface area contributed by atoms with E-state index in [2.05, 4.69) is 18.3 Å². The molecule has 1 aromatic carbocycles. The van der Waals surface area contributed by atoms with E-state index in [1.54, 1.807) is 19.1 Å². The second-order valence-corrected chi connectivity index (χ2v) is 6.67. The van der Waals surface area contributed by atoms with Crippen LogP contribution in [0.4, 0.5) is 4.79 Å². The highest BCUT2D eigenvalue weighted by atomic mass is 16.6. The van der Waals surface area contributed by atoms with E-state index < -0.39 is 5.60 Å². The summed E-state index contributed by atoms with van der Waals surface area (Å²) in [5.41, 5.74) is 0.678. The zero-order chi connectivity index (χ0) is 17.5. The number of hydrogen-bond donors (Lipinski definition) is 1. The third-order valence-corrected chi connectivity index (χ3v) is 3.43. The van der Waals surface area contributed by atoms with E-state index in [1.165, 1.54) is 0 Å². The van der Waals surface area contributed by atoms with E-state index in [4.69, 9.17) is 9.47 Å². The molecule has 1 rings (SSSR count). The van der Waals surface area contributed by atoms with Crippen LogP contribution in [0.2, 0.25) is 0 Å². The number of amides is 1. The van der Waals surface area contributed by atoms with Gasteiger partial charge in [-0.25, -0.2) is 4.79 Å². The van der Waals surface area contributed by atoms with Crippen LogP contribution in [0.15, 0.2) is 24.3 Å². The average Bonchev–Trinajstić information content (AvgIpc) is 2.49. The topological polar surface area (TPSA) is 50.8 Å². The standard InChI is InChI=1S/C18H30N2O3/c1-14(15-10-7-8-11-16(15)22-6)19-12-9-13-20(5)17(21)23-18(2,3)4/h7-8,10-11,14,19H,9,12-13H2,1-6H3. The summed E-state index contributed by atoms with van der Waals surface area (Å²) in [6, 6.07) is 8.18. The Bertz CT molecular complexity index is 497. The maximum atomic E-state index is 11.9. The van der Waals surface area contributed by atoms with Gasteiger partial charge in [0.15, 0.2) is 0 Å². The summed E-state index contributed by atoms with van der Waals surface area (Å²) < 4.78 is 10.7. The summed E-state index contributed by atoms with van der Waals surface area (Å²) in [6.45, 7) is 9.18. The number of nitrogens with one attached hydrogen (secondary N) is 1. The smallest absolute Gasteiger partial charge is 0.410 e. The summed E-state index contributed by atoms with van der Waals surface area (Å²) >= 11 is 0. The molecule has 0 aromatic heterocycles. The van der Waals surface area contributed by atoms with Crippen LogP contribution in [0.25, 0.3) is 0 Å². The molecule has 0 saturated heterocycles. The molecule has 5 nitrogen and oxygen atoms in total. The van der Waals surface area contributed by atoms with Crippen LogP contribution in [0.1, 0.15) is 45.7 Å². The Balaban J connectivity index is 2.35. The first-order valence-electron chi connectivity index (χ1n) is 8.05. The highest BCUT2D eigenvalue weighted by molar-refractivity contribution is 5.67. The van der Waals surface area contributed by atoms with Gasteiger partial charge in [-0.1, -0.05) is 18.2 Å². The number of para-hydroxylation sites is 1. The number of carbonyl (C=O) groups is 1. The molecule has 0 spiro atoms. The van der Waals surface area contributed by atoms with Gasteiger partial charge in [0.2, 0.25) is 0 Å². The molecule has 23 heavy (non-hydrogen) atoms. The number of nitrogens with zero attached hydrogens (tertiary/aromatic N) is 1. The molecule has 0 saturated carbocycles. The Hall–Kier alpha value is -1.75. The normalized spacial score (nSPS) is 12.6. The predicted molar refractivity (Wildman–Crippen MR) is 92.9 cm³/mol. The Labute approximate surface area is 140 Å². The minimum Gasteiger partial charge on any atom is -0.496 e. The molecular formula is C18H30N2O3. The first-order valence-corrected chi connectivity index (χ1v) is 8.05. The molecule has 0 aliphatic rings. The predicted octanol–water partition coefficient (Wildman–Crippen LogP) is 3.60. The van der Waals surface area contributed by atoms with Gasteiger partial charge in [0.25, 0.3) is 0 Å². The van der Waals surface area contributed by atoms with Crippen molar-refractivity contribution in [2.75, 3.05) is 27.2 Å². The highest BCUT2D eigenvalue weighted by Crippen LogP contribution is 2.24. The van der Waals surface area contributed by atoms with Crippen LogP contribution in [0.5, 0.6) is 5.75 Å². The van der Waals surface area contributed by atoms with E-state index in [9.17, 15) is 4.79 Å². The van der Waals surface area contributed by atoms with E-state index >= 15 is 0 Å². The molecular weight excluding hydrogens is 292 g/mol. The van der Waals surface area contributed by atoms with Crippen molar-refractivity contribution in [3.8, 4) is 5.75 Å². The van der Waals surface area contributed by atoms with Gasteiger partial charge in [-0.15, -0.1) is 0 Å². The molecule has 1 N–H and O–H groups in total. The molecule has 0 aliphatic carbocycles. The Kier molecular flexibility index (Phi) is 7.36. The summed E-state index contributed by atoms with van der Waals surface area (Å²) in [5.74, 6) is 0.887. The molecule has 0 radical (unpaired) electrons. The summed E-state index contributed by atoms with van der Waals surface area (Å²) in [5, 5.41) is 3.46. The van der Waals surface area contributed by atoms with E-state index in [-0.39, 0.29) is 12.1 Å². The van der Waals surface area contributed by atoms with Gasteiger partial charge in [0.1, 0.15) is 11.4 Å². The fourth-order valence-corrected chi connectivity index (χ4v) is 2.20. The monoisotopic (exact) mass is 322 g/mol. The Morgan fingerprint density at radius 2 is 1.96 bits per heavy atom. The largest absolute Gasteiger partial charge is 0.496 e. The third-order valence-electron chi connectivity index (χ3n) is 3.43. The molecule has 5 heteroatoms.